The van der Waals surface area contributed by atoms with Crippen LogP contribution in [0.2, 0.25) is 0 Å². The maximum Gasteiger partial charge on any atom is 0.269 e. The topological polar surface area (TPSA) is 75.8 Å². The summed E-state index contributed by atoms with van der Waals surface area (Å²) in [6.07, 6.45) is 2.00. The average Bonchev–Trinajstić information content (AvgIpc) is 2.90. The largest absolute Gasteiger partial charge is 0.294 e. The Balaban J connectivity index is 1.76. The van der Waals surface area contributed by atoms with E-state index in [0.717, 1.165) is 11.1 Å². The van der Waals surface area contributed by atoms with Crippen LogP contribution in [0.4, 0.5) is 5.69 Å². The second-order valence-electron chi connectivity index (χ2n) is 6.42. The number of nitrogens with zero attached hydrogens (tertiary/aromatic N) is 3. The summed E-state index contributed by atoms with van der Waals surface area (Å²) in [7, 11) is 0. The van der Waals surface area contributed by atoms with Gasteiger partial charge in [-0.1, -0.05) is 42.5 Å². The van der Waals surface area contributed by atoms with Crippen LogP contribution in [0.3, 0.4) is 0 Å². The minimum Gasteiger partial charge on any atom is -0.294 e. The minimum absolute atomic E-state index is 0.0366. The molecule has 0 spiro atoms. The highest BCUT2D eigenvalue weighted by atomic mass is 16.6. The first-order valence-corrected chi connectivity index (χ1v) is 8.07. The molecule has 1 aliphatic rings. The molecule has 0 saturated heterocycles. The van der Waals surface area contributed by atoms with Crippen LogP contribution in [-0.4, -0.2) is 27.6 Å². The second-order valence-corrected chi connectivity index (χ2v) is 6.42. The molecule has 25 heavy (non-hydrogen) atoms. The highest BCUT2D eigenvalue weighted by Crippen LogP contribution is 2.30. The summed E-state index contributed by atoms with van der Waals surface area (Å²) in [5.41, 5.74) is 1.03. The number of nitro groups is 1. The van der Waals surface area contributed by atoms with Gasteiger partial charge in [-0.3, -0.25) is 24.8 Å². The van der Waals surface area contributed by atoms with Crippen LogP contribution in [0.15, 0.2) is 59.6 Å². The summed E-state index contributed by atoms with van der Waals surface area (Å²) < 4.78 is 0. The first kappa shape index (κ1) is 16.8. The normalized spacial score (nSPS) is 20.7. The summed E-state index contributed by atoms with van der Waals surface area (Å²) in [6, 6.07) is 15.9. The van der Waals surface area contributed by atoms with Crippen LogP contribution in [0.1, 0.15) is 31.0 Å². The molecule has 0 N–H and O–H groups in total. The Morgan fingerprint density at radius 2 is 1.80 bits per heavy atom. The maximum absolute atomic E-state index is 12.9. The number of aliphatic imine (C=N–C) groups is 1. The highest BCUT2D eigenvalue weighted by molar-refractivity contribution is 6.00. The lowest BCUT2D eigenvalue weighted by atomic mass is 9.92. The van der Waals surface area contributed by atoms with Gasteiger partial charge in [0.05, 0.1) is 17.3 Å². The number of non-ortho nitro benzene ring substituents is 1. The molecule has 3 rings (SSSR count). The number of rotatable bonds is 5. The van der Waals surface area contributed by atoms with E-state index in [1.165, 1.54) is 12.1 Å². The van der Waals surface area contributed by atoms with Gasteiger partial charge >= 0.3 is 0 Å². The molecule has 1 heterocycles. The summed E-state index contributed by atoms with van der Waals surface area (Å²) in [4.78, 5) is 29.3. The van der Waals surface area contributed by atoms with Crippen LogP contribution in [0, 0.1) is 10.1 Å². The van der Waals surface area contributed by atoms with Gasteiger partial charge in [0.1, 0.15) is 5.54 Å². The van der Waals surface area contributed by atoms with Crippen molar-refractivity contribution < 1.29 is 9.72 Å². The van der Waals surface area contributed by atoms with E-state index in [1.807, 2.05) is 37.3 Å². The molecule has 2 aromatic carbocycles. The fraction of sp³-hybridized carbons (Fsp3) is 0.263. The number of nitro benzene ring substituents is 1. The SMILES string of the molecule is CC(c1ccccc1)N1C=NC(C)(Cc2ccc([N+](=O)[O-])cc2)C1=O. The molecule has 6 nitrogen and oxygen atoms in total. The molecule has 0 aliphatic carbocycles. The van der Waals surface area contributed by atoms with Crippen LogP contribution < -0.4 is 0 Å². The van der Waals surface area contributed by atoms with Crippen molar-refractivity contribution in [2.24, 2.45) is 4.99 Å². The van der Waals surface area contributed by atoms with Gasteiger partial charge in [-0.05, 0) is 25.0 Å². The van der Waals surface area contributed by atoms with E-state index in [4.69, 9.17) is 0 Å². The van der Waals surface area contributed by atoms with Gasteiger partial charge in [0.25, 0.3) is 11.6 Å². The van der Waals surface area contributed by atoms with Gasteiger partial charge in [-0.15, -0.1) is 0 Å². The molecule has 2 aromatic rings. The van der Waals surface area contributed by atoms with Crippen molar-refractivity contribution in [1.29, 1.82) is 0 Å². The zero-order valence-corrected chi connectivity index (χ0v) is 14.1. The fourth-order valence-electron chi connectivity index (χ4n) is 3.00. The average molecular weight is 337 g/mol. The number of amides is 1. The molecule has 2 unspecified atom stereocenters. The second kappa shape index (κ2) is 6.47. The Labute approximate surface area is 146 Å². The molecule has 6 heteroatoms. The Bertz CT molecular complexity index is 818. The Morgan fingerprint density at radius 1 is 1.16 bits per heavy atom. The van der Waals surface area contributed by atoms with E-state index in [1.54, 1.807) is 30.3 Å². The molecule has 0 bridgehead atoms. The molecule has 0 aromatic heterocycles. The molecule has 0 radical (unpaired) electrons. The van der Waals surface area contributed by atoms with Crippen LogP contribution in [-0.2, 0) is 11.2 Å². The molecule has 128 valence electrons. The molecule has 0 saturated carbocycles. The fourth-order valence-corrected chi connectivity index (χ4v) is 3.00. The van der Waals surface area contributed by atoms with E-state index in [9.17, 15) is 14.9 Å². The van der Waals surface area contributed by atoms with Gasteiger partial charge in [0.2, 0.25) is 0 Å². The smallest absolute Gasteiger partial charge is 0.269 e. The lowest BCUT2D eigenvalue weighted by Crippen LogP contribution is -2.41. The van der Waals surface area contributed by atoms with Crippen LogP contribution >= 0.6 is 0 Å². The van der Waals surface area contributed by atoms with Crippen LogP contribution in [0.5, 0.6) is 0 Å². The third-order valence-corrected chi connectivity index (χ3v) is 4.56. The predicted octanol–water partition coefficient (Wildman–Crippen LogP) is 3.53. The molecular weight excluding hydrogens is 318 g/mol. The summed E-state index contributed by atoms with van der Waals surface area (Å²) in [5.74, 6) is -0.0674. The van der Waals surface area contributed by atoms with E-state index in [0.29, 0.717) is 6.42 Å². The lowest BCUT2D eigenvalue weighted by Gasteiger charge is -2.26. The van der Waals surface area contributed by atoms with E-state index in [-0.39, 0.29) is 17.6 Å². The lowest BCUT2D eigenvalue weighted by molar-refractivity contribution is -0.384. The Hall–Kier alpha value is -3.02. The summed E-state index contributed by atoms with van der Waals surface area (Å²) >= 11 is 0. The standard InChI is InChI=1S/C19H19N3O3/c1-14(16-6-4-3-5-7-16)21-13-20-19(2,18(21)23)12-15-8-10-17(11-9-15)22(24)25/h3-11,13-14H,12H2,1-2H3. The molecular formula is C19H19N3O3. The molecule has 0 fully saturated rings. The zero-order valence-electron chi connectivity index (χ0n) is 14.1. The van der Waals surface area contributed by atoms with E-state index >= 15 is 0 Å². The van der Waals surface area contributed by atoms with Gasteiger partial charge < -0.3 is 0 Å². The van der Waals surface area contributed by atoms with Crippen molar-refractivity contribution in [1.82, 2.24) is 4.90 Å². The number of carbonyl (C=O) groups excluding carboxylic acids is 1. The van der Waals surface area contributed by atoms with Gasteiger partial charge in [0.15, 0.2) is 0 Å². The molecule has 1 aliphatic heterocycles. The summed E-state index contributed by atoms with van der Waals surface area (Å²) in [5, 5.41) is 10.7. The third kappa shape index (κ3) is 3.28. The quantitative estimate of drug-likeness (QED) is 0.619. The van der Waals surface area contributed by atoms with Crippen molar-refractivity contribution in [3.05, 3.63) is 75.8 Å². The first-order valence-electron chi connectivity index (χ1n) is 8.07. The molecule has 1 amide bonds. The first-order chi connectivity index (χ1) is 11.9. The van der Waals surface area contributed by atoms with Crippen molar-refractivity contribution in [2.75, 3.05) is 0 Å². The number of benzene rings is 2. The van der Waals surface area contributed by atoms with Crippen LogP contribution in [0.25, 0.3) is 0 Å². The zero-order chi connectivity index (χ0) is 18.0. The Kier molecular flexibility index (Phi) is 4.35. The highest BCUT2D eigenvalue weighted by Gasteiger charge is 2.42. The minimum atomic E-state index is -0.890. The maximum atomic E-state index is 12.9. The van der Waals surface area contributed by atoms with Gasteiger partial charge in [-0.25, -0.2) is 0 Å². The van der Waals surface area contributed by atoms with Gasteiger partial charge in [-0.2, -0.15) is 0 Å². The van der Waals surface area contributed by atoms with Crippen molar-refractivity contribution in [3.63, 3.8) is 0 Å². The van der Waals surface area contributed by atoms with E-state index < -0.39 is 10.5 Å². The third-order valence-electron chi connectivity index (χ3n) is 4.56. The summed E-state index contributed by atoms with van der Waals surface area (Å²) in [6.45, 7) is 3.77. The Morgan fingerprint density at radius 3 is 2.40 bits per heavy atom. The number of carbonyl (C=O) groups is 1. The number of hydrogen-bond donors (Lipinski definition) is 0. The number of hydrogen-bond acceptors (Lipinski definition) is 4. The van der Waals surface area contributed by atoms with Crippen molar-refractivity contribution in [2.45, 2.75) is 31.8 Å². The molecule has 2 atom stereocenters. The van der Waals surface area contributed by atoms with Gasteiger partial charge in [0, 0.05) is 18.6 Å². The van der Waals surface area contributed by atoms with Crippen molar-refractivity contribution >= 4 is 17.9 Å². The predicted molar refractivity (Wildman–Crippen MR) is 95.4 cm³/mol. The van der Waals surface area contributed by atoms with E-state index in [2.05, 4.69) is 4.99 Å². The van der Waals surface area contributed by atoms with Crippen molar-refractivity contribution in [3.8, 4) is 0 Å². The monoisotopic (exact) mass is 337 g/mol.